The molecule has 5 nitrogen and oxygen atoms in total. The van der Waals surface area contributed by atoms with Gasteiger partial charge >= 0.3 is 0 Å². The second-order valence-electron chi connectivity index (χ2n) is 6.44. The number of benzene rings is 1. The van der Waals surface area contributed by atoms with Crippen LogP contribution in [0.3, 0.4) is 0 Å². The third kappa shape index (κ3) is 5.36. The Morgan fingerprint density at radius 3 is 2.32 bits per heavy atom. The standard InChI is InChI=1S/C19H25N3O2S/c23-25(24,15-5-9-18-6-2-1-3-7-18)22-13-11-21(12-14-22)17-19-8-4-10-20-16-19/h1-4,6-8,10,16H,5,9,11-15,17H2. The van der Waals surface area contributed by atoms with Gasteiger partial charge in [0.2, 0.25) is 10.0 Å². The van der Waals surface area contributed by atoms with Crippen LogP contribution in [0.1, 0.15) is 17.5 Å². The van der Waals surface area contributed by atoms with E-state index in [4.69, 9.17) is 0 Å². The van der Waals surface area contributed by atoms with E-state index in [0.29, 0.717) is 19.5 Å². The minimum absolute atomic E-state index is 0.227. The van der Waals surface area contributed by atoms with E-state index in [-0.39, 0.29) is 5.75 Å². The fourth-order valence-electron chi connectivity index (χ4n) is 3.15. The Hall–Kier alpha value is -1.76. The lowest BCUT2D eigenvalue weighted by atomic mass is 10.1. The van der Waals surface area contributed by atoms with Crippen molar-refractivity contribution in [2.45, 2.75) is 19.4 Å². The Kier molecular flexibility index (Phi) is 6.18. The molecule has 0 spiro atoms. The van der Waals surface area contributed by atoms with Gasteiger partial charge in [-0.2, -0.15) is 4.31 Å². The largest absolute Gasteiger partial charge is 0.296 e. The van der Waals surface area contributed by atoms with Crippen LogP contribution in [0.4, 0.5) is 0 Å². The quantitative estimate of drug-likeness (QED) is 0.760. The smallest absolute Gasteiger partial charge is 0.214 e. The van der Waals surface area contributed by atoms with E-state index in [1.54, 1.807) is 10.5 Å². The first-order chi connectivity index (χ1) is 12.1. The maximum Gasteiger partial charge on any atom is 0.214 e. The highest BCUT2D eigenvalue weighted by molar-refractivity contribution is 7.89. The van der Waals surface area contributed by atoms with E-state index in [0.717, 1.165) is 26.1 Å². The van der Waals surface area contributed by atoms with Gasteiger partial charge in [0.25, 0.3) is 0 Å². The first-order valence-electron chi connectivity index (χ1n) is 8.76. The molecule has 134 valence electrons. The molecular weight excluding hydrogens is 334 g/mol. The molecule has 0 N–H and O–H groups in total. The molecule has 1 aliphatic heterocycles. The molecule has 2 aromatic rings. The molecule has 1 aromatic carbocycles. The summed E-state index contributed by atoms with van der Waals surface area (Å²) in [6.07, 6.45) is 5.11. The van der Waals surface area contributed by atoms with E-state index in [2.05, 4.69) is 16.0 Å². The number of hydrogen-bond donors (Lipinski definition) is 0. The number of rotatable bonds is 7. The fourth-order valence-corrected chi connectivity index (χ4v) is 4.64. The van der Waals surface area contributed by atoms with Gasteiger partial charge in [-0.05, 0) is 30.0 Å². The summed E-state index contributed by atoms with van der Waals surface area (Å²) < 4.78 is 26.7. The zero-order valence-electron chi connectivity index (χ0n) is 14.4. The summed E-state index contributed by atoms with van der Waals surface area (Å²) in [7, 11) is -3.16. The van der Waals surface area contributed by atoms with Crippen LogP contribution in [-0.4, -0.2) is 54.5 Å². The van der Waals surface area contributed by atoms with Crippen molar-refractivity contribution in [1.29, 1.82) is 0 Å². The number of pyridine rings is 1. The van der Waals surface area contributed by atoms with Crippen molar-refractivity contribution in [2.75, 3.05) is 31.9 Å². The van der Waals surface area contributed by atoms with Crippen LogP contribution >= 0.6 is 0 Å². The maximum atomic E-state index is 12.5. The molecule has 0 aliphatic carbocycles. The van der Waals surface area contributed by atoms with Crippen molar-refractivity contribution in [3.8, 4) is 0 Å². The fraction of sp³-hybridized carbons (Fsp3) is 0.421. The maximum absolute atomic E-state index is 12.5. The first-order valence-corrected chi connectivity index (χ1v) is 10.4. The zero-order chi connectivity index (χ0) is 17.5. The lowest BCUT2D eigenvalue weighted by Crippen LogP contribution is -2.48. The molecular formula is C19H25N3O2S. The predicted molar refractivity (Wildman–Crippen MR) is 99.6 cm³/mol. The molecule has 1 saturated heterocycles. The SMILES string of the molecule is O=S(=O)(CCCc1ccccc1)N1CCN(Cc2cccnc2)CC1. The molecule has 0 radical (unpaired) electrons. The number of aryl methyl sites for hydroxylation is 1. The van der Waals surface area contributed by atoms with Gasteiger partial charge in [-0.25, -0.2) is 8.42 Å². The highest BCUT2D eigenvalue weighted by Gasteiger charge is 2.26. The summed E-state index contributed by atoms with van der Waals surface area (Å²) in [6, 6.07) is 14.0. The van der Waals surface area contributed by atoms with Crippen molar-refractivity contribution in [3.05, 3.63) is 66.0 Å². The van der Waals surface area contributed by atoms with Crippen molar-refractivity contribution in [3.63, 3.8) is 0 Å². The molecule has 0 saturated carbocycles. The van der Waals surface area contributed by atoms with Crippen LogP contribution in [0.25, 0.3) is 0 Å². The molecule has 0 amide bonds. The van der Waals surface area contributed by atoms with E-state index in [9.17, 15) is 8.42 Å². The van der Waals surface area contributed by atoms with Crippen molar-refractivity contribution >= 4 is 10.0 Å². The Bertz CT molecular complexity index is 743. The van der Waals surface area contributed by atoms with Crippen molar-refractivity contribution < 1.29 is 8.42 Å². The summed E-state index contributed by atoms with van der Waals surface area (Å²) in [5.41, 5.74) is 2.36. The van der Waals surface area contributed by atoms with Gasteiger partial charge in [0.05, 0.1) is 5.75 Å². The van der Waals surface area contributed by atoms with Crippen LogP contribution in [0, 0.1) is 0 Å². The van der Waals surface area contributed by atoms with Crippen LogP contribution in [0.15, 0.2) is 54.9 Å². The van der Waals surface area contributed by atoms with Gasteiger partial charge in [0.15, 0.2) is 0 Å². The molecule has 25 heavy (non-hydrogen) atoms. The second kappa shape index (κ2) is 8.56. The van der Waals surface area contributed by atoms with Gasteiger partial charge in [-0.1, -0.05) is 36.4 Å². The first kappa shape index (κ1) is 18.0. The number of aromatic nitrogens is 1. The third-order valence-electron chi connectivity index (χ3n) is 4.56. The van der Waals surface area contributed by atoms with Crippen LogP contribution in [0.5, 0.6) is 0 Å². The van der Waals surface area contributed by atoms with Gasteiger partial charge in [0.1, 0.15) is 0 Å². The molecule has 6 heteroatoms. The van der Waals surface area contributed by atoms with Gasteiger partial charge in [0, 0.05) is 45.1 Å². The molecule has 0 bridgehead atoms. The highest BCUT2D eigenvalue weighted by atomic mass is 32.2. The number of sulfonamides is 1. The lowest BCUT2D eigenvalue weighted by Gasteiger charge is -2.34. The third-order valence-corrected chi connectivity index (χ3v) is 6.52. The predicted octanol–water partition coefficient (Wildman–Crippen LogP) is 2.16. The lowest BCUT2D eigenvalue weighted by molar-refractivity contribution is 0.181. The molecule has 0 unspecified atom stereocenters. The van der Waals surface area contributed by atoms with Crippen LogP contribution < -0.4 is 0 Å². The summed E-state index contributed by atoms with van der Waals surface area (Å²) >= 11 is 0. The Morgan fingerprint density at radius 2 is 1.64 bits per heavy atom. The zero-order valence-corrected chi connectivity index (χ0v) is 15.2. The molecule has 2 heterocycles. The molecule has 1 aromatic heterocycles. The Labute approximate surface area is 150 Å². The summed E-state index contributed by atoms with van der Waals surface area (Å²) in [5, 5.41) is 0. The van der Waals surface area contributed by atoms with Crippen LogP contribution in [0.2, 0.25) is 0 Å². The number of hydrogen-bond acceptors (Lipinski definition) is 4. The van der Waals surface area contributed by atoms with E-state index >= 15 is 0 Å². The Morgan fingerprint density at radius 1 is 0.920 bits per heavy atom. The molecule has 1 aliphatic rings. The second-order valence-corrected chi connectivity index (χ2v) is 8.53. The highest BCUT2D eigenvalue weighted by Crippen LogP contribution is 2.13. The van der Waals surface area contributed by atoms with Gasteiger partial charge < -0.3 is 0 Å². The Balaban J connectivity index is 1.44. The van der Waals surface area contributed by atoms with E-state index in [1.165, 1.54) is 11.1 Å². The minimum atomic E-state index is -3.16. The topological polar surface area (TPSA) is 53.5 Å². The molecule has 0 atom stereocenters. The summed E-state index contributed by atoms with van der Waals surface area (Å²) in [4.78, 5) is 6.41. The average Bonchev–Trinajstić information content (AvgIpc) is 2.64. The number of piperazine rings is 1. The van der Waals surface area contributed by atoms with E-state index < -0.39 is 10.0 Å². The summed E-state index contributed by atoms with van der Waals surface area (Å²) in [5.74, 6) is 0.227. The molecule has 1 fully saturated rings. The minimum Gasteiger partial charge on any atom is -0.296 e. The molecule has 3 rings (SSSR count). The summed E-state index contributed by atoms with van der Waals surface area (Å²) in [6.45, 7) is 3.53. The van der Waals surface area contributed by atoms with Crippen LogP contribution in [-0.2, 0) is 23.0 Å². The monoisotopic (exact) mass is 359 g/mol. The van der Waals surface area contributed by atoms with Gasteiger partial charge in [-0.3, -0.25) is 9.88 Å². The van der Waals surface area contributed by atoms with Crippen molar-refractivity contribution in [1.82, 2.24) is 14.2 Å². The van der Waals surface area contributed by atoms with E-state index in [1.807, 2.05) is 42.6 Å². The van der Waals surface area contributed by atoms with Crippen molar-refractivity contribution in [2.24, 2.45) is 0 Å². The normalized spacial score (nSPS) is 16.8. The average molecular weight is 359 g/mol. The number of nitrogens with zero attached hydrogens (tertiary/aromatic N) is 3. The van der Waals surface area contributed by atoms with Gasteiger partial charge in [-0.15, -0.1) is 0 Å².